The number of aryl methyl sites for hydroxylation is 1. The molecule has 2 amide bonds. The Morgan fingerprint density at radius 1 is 1.06 bits per heavy atom. The van der Waals surface area contributed by atoms with Gasteiger partial charge in [-0.1, -0.05) is 11.6 Å². The average Bonchev–Trinajstić information content (AvgIpc) is 2.88. The fraction of sp³-hybridized carbons (Fsp3) is 0.423. The van der Waals surface area contributed by atoms with Gasteiger partial charge >= 0.3 is 5.69 Å². The summed E-state index contributed by atoms with van der Waals surface area (Å²) in [5.41, 5.74) is 1.27. The zero-order valence-electron chi connectivity index (χ0n) is 21.2. The van der Waals surface area contributed by atoms with Gasteiger partial charge in [0.25, 0.3) is 11.5 Å². The van der Waals surface area contributed by atoms with E-state index in [1.54, 1.807) is 36.2 Å². The number of aromatic nitrogens is 2. The van der Waals surface area contributed by atoms with Crippen LogP contribution in [-0.4, -0.2) is 70.0 Å². The molecule has 36 heavy (non-hydrogen) atoms. The van der Waals surface area contributed by atoms with Gasteiger partial charge in [0.1, 0.15) is 5.69 Å². The molecule has 1 aromatic heterocycles. The maximum Gasteiger partial charge on any atom is 0.330 e. The van der Waals surface area contributed by atoms with Gasteiger partial charge in [0.05, 0.1) is 11.6 Å². The van der Waals surface area contributed by atoms with Crippen LogP contribution >= 0.6 is 0 Å². The molecule has 0 unspecified atom stereocenters. The fourth-order valence-corrected chi connectivity index (χ4v) is 4.02. The predicted octanol–water partition coefficient (Wildman–Crippen LogP) is 1.10. The minimum atomic E-state index is -0.511. The first kappa shape index (κ1) is 26.6. The number of piperazine rings is 1. The lowest BCUT2D eigenvalue weighted by Crippen LogP contribution is -2.49. The molecule has 0 saturated carbocycles. The molecule has 1 saturated heterocycles. The molecule has 1 fully saturated rings. The van der Waals surface area contributed by atoms with Crippen LogP contribution in [0.5, 0.6) is 0 Å². The van der Waals surface area contributed by atoms with Crippen molar-refractivity contribution in [3.63, 3.8) is 0 Å². The van der Waals surface area contributed by atoms with Crippen LogP contribution in [0.2, 0.25) is 0 Å². The van der Waals surface area contributed by atoms with E-state index in [1.807, 2.05) is 26.0 Å². The topological polar surface area (TPSA) is 112 Å². The first-order chi connectivity index (χ1) is 17.1. The molecule has 0 aliphatic carbocycles. The summed E-state index contributed by atoms with van der Waals surface area (Å²) in [5.74, 6) is -0.284. The molecular formula is C26H32N6O4. The van der Waals surface area contributed by atoms with E-state index in [-0.39, 0.29) is 30.5 Å². The number of benzene rings is 1. The number of hydrogen-bond acceptors (Lipinski definition) is 6. The summed E-state index contributed by atoms with van der Waals surface area (Å²) < 4.78 is 2.30. The minimum Gasteiger partial charge on any atom is -0.336 e. The van der Waals surface area contributed by atoms with E-state index in [9.17, 15) is 19.2 Å². The van der Waals surface area contributed by atoms with E-state index in [4.69, 9.17) is 5.26 Å². The number of nitrogens with zero attached hydrogens (tertiary/aromatic N) is 6. The maximum atomic E-state index is 13.2. The van der Waals surface area contributed by atoms with Gasteiger partial charge in [-0.2, -0.15) is 5.26 Å². The Balaban J connectivity index is 1.63. The predicted molar refractivity (Wildman–Crippen MR) is 137 cm³/mol. The third kappa shape index (κ3) is 6.17. The monoisotopic (exact) mass is 492 g/mol. The normalized spacial score (nSPS) is 13.7. The van der Waals surface area contributed by atoms with Gasteiger partial charge in [-0.3, -0.25) is 23.9 Å². The van der Waals surface area contributed by atoms with Crippen molar-refractivity contribution in [2.75, 3.05) is 44.2 Å². The highest BCUT2D eigenvalue weighted by Crippen LogP contribution is 2.13. The number of rotatable bonds is 7. The summed E-state index contributed by atoms with van der Waals surface area (Å²) in [6.07, 6.45) is 3.48. The Labute approximate surface area is 210 Å². The third-order valence-electron chi connectivity index (χ3n) is 6.26. The number of anilines is 1. The molecule has 10 heteroatoms. The van der Waals surface area contributed by atoms with E-state index in [2.05, 4.69) is 4.90 Å². The molecule has 10 nitrogen and oxygen atoms in total. The average molecular weight is 493 g/mol. The van der Waals surface area contributed by atoms with Crippen LogP contribution in [0.4, 0.5) is 5.69 Å². The number of carbonyl (C=O) groups is 2. The van der Waals surface area contributed by atoms with Crippen molar-refractivity contribution in [1.29, 1.82) is 5.26 Å². The smallest absolute Gasteiger partial charge is 0.330 e. The second-order valence-corrected chi connectivity index (χ2v) is 9.13. The van der Waals surface area contributed by atoms with Gasteiger partial charge in [0.15, 0.2) is 0 Å². The second-order valence-electron chi connectivity index (χ2n) is 9.13. The van der Waals surface area contributed by atoms with Gasteiger partial charge in [-0.15, -0.1) is 0 Å². The van der Waals surface area contributed by atoms with Crippen LogP contribution in [0, 0.1) is 11.3 Å². The van der Waals surface area contributed by atoms with Gasteiger partial charge in [0, 0.05) is 71.5 Å². The third-order valence-corrected chi connectivity index (χ3v) is 6.26. The molecule has 1 aliphatic heterocycles. The number of nitriles is 1. The SMILES string of the molecule is CC(C)=CCN(C(=O)CCN1CCN(C(=O)c2ccc(C#N)cc2)CC1)c1cn(C)c(=O)n(C)c1=O. The fourth-order valence-electron chi connectivity index (χ4n) is 4.02. The lowest BCUT2D eigenvalue weighted by atomic mass is 10.1. The van der Waals surface area contributed by atoms with Crippen molar-refractivity contribution in [3.8, 4) is 6.07 Å². The molecule has 0 N–H and O–H groups in total. The molecule has 0 bridgehead atoms. The van der Waals surface area contributed by atoms with E-state index >= 15 is 0 Å². The van der Waals surface area contributed by atoms with Crippen LogP contribution in [0.3, 0.4) is 0 Å². The molecule has 1 aliphatic rings. The van der Waals surface area contributed by atoms with Gasteiger partial charge < -0.3 is 14.4 Å². The summed E-state index contributed by atoms with van der Waals surface area (Å²) in [7, 11) is 2.95. The lowest BCUT2D eigenvalue weighted by Gasteiger charge is -2.35. The quantitative estimate of drug-likeness (QED) is 0.535. The lowest BCUT2D eigenvalue weighted by molar-refractivity contribution is -0.118. The van der Waals surface area contributed by atoms with Gasteiger partial charge in [-0.05, 0) is 38.1 Å². The van der Waals surface area contributed by atoms with Crippen LogP contribution < -0.4 is 16.1 Å². The van der Waals surface area contributed by atoms with Crippen LogP contribution in [0.15, 0.2) is 51.7 Å². The zero-order valence-corrected chi connectivity index (χ0v) is 21.2. The summed E-state index contributed by atoms with van der Waals surface area (Å²) in [4.78, 5) is 56.2. The number of carbonyl (C=O) groups excluding carboxylic acids is 2. The van der Waals surface area contributed by atoms with Crippen LogP contribution in [0.25, 0.3) is 0 Å². The number of allylic oxidation sites excluding steroid dienone is 1. The molecule has 0 atom stereocenters. The Hall–Kier alpha value is -3.97. The van der Waals surface area contributed by atoms with E-state index in [0.29, 0.717) is 43.9 Å². The molecule has 0 radical (unpaired) electrons. The minimum absolute atomic E-state index is 0.0753. The van der Waals surface area contributed by atoms with E-state index in [0.717, 1.165) is 10.1 Å². The highest BCUT2D eigenvalue weighted by atomic mass is 16.2. The zero-order chi connectivity index (χ0) is 26.4. The molecular weight excluding hydrogens is 460 g/mol. The van der Waals surface area contributed by atoms with Crippen molar-refractivity contribution < 1.29 is 9.59 Å². The first-order valence-corrected chi connectivity index (χ1v) is 11.8. The summed E-state index contributed by atoms with van der Waals surface area (Å²) in [5, 5.41) is 8.93. The standard InChI is InChI=1S/C26H32N6O4/c1-19(2)9-12-32(22-18-28(3)26(36)29(4)25(22)35)23(33)10-11-30-13-15-31(16-14-30)24(34)21-7-5-20(17-27)6-8-21/h5-9,18H,10-16H2,1-4H3. The highest BCUT2D eigenvalue weighted by molar-refractivity contribution is 5.94. The Morgan fingerprint density at radius 3 is 2.28 bits per heavy atom. The van der Waals surface area contributed by atoms with Crippen molar-refractivity contribution in [3.05, 3.63) is 74.1 Å². The molecule has 2 aromatic rings. The molecule has 190 valence electrons. The summed E-state index contributed by atoms with van der Waals surface area (Å²) in [6.45, 7) is 6.90. The summed E-state index contributed by atoms with van der Waals surface area (Å²) >= 11 is 0. The highest BCUT2D eigenvalue weighted by Gasteiger charge is 2.24. The first-order valence-electron chi connectivity index (χ1n) is 11.8. The van der Waals surface area contributed by atoms with Crippen molar-refractivity contribution in [1.82, 2.24) is 18.9 Å². The van der Waals surface area contributed by atoms with E-state index < -0.39 is 11.2 Å². The molecule has 3 rings (SSSR count). The maximum absolute atomic E-state index is 13.2. The van der Waals surface area contributed by atoms with Gasteiger partial charge in [0.2, 0.25) is 5.91 Å². The molecule has 0 spiro atoms. The van der Waals surface area contributed by atoms with Crippen molar-refractivity contribution >= 4 is 17.5 Å². The molecule has 2 heterocycles. The Kier molecular flexibility index (Phi) is 8.61. The van der Waals surface area contributed by atoms with Crippen molar-refractivity contribution in [2.45, 2.75) is 20.3 Å². The van der Waals surface area contributed by atoms with E-state index in [1.165, 1.54) is 22.7 Å². The largest absolute Gasteiger partial charge is 0.336 e. The molecule has 1 aromatic carbocycles. The second kappa shape index (κ2) is 11.6. The Morgan fingerprint density at radius 2 is 1.69 bits per heavy atom. The van der Waals surface area contributed by atoms with Gasteiger partial charge in [-0.25, -0.2) is 4.79 Å². The number of amides is 2. The van der Waals surface area contributed by atoms with Crippen LogP contribution in [-0.2, 0) is 18.9 Å². The number of hydrogen-bond donors (Lipinski definition) is 0. The summed E-state index contributed by atoms with van der Waals surface area (Å²) in [6, 6.07) is 8.64. The van der Waals surface area contributed by atoms with Crippen molar-refractivity contribution in [2.24, 2.45) is 14.1 Å². The van der Waals surface area contributed by atoms with Crippen LogP contribution in [0.1, 0.15) is 36.2 Å². The Bertz CT molecular complexity index is 1300.